The van der Waals surface area contributed by atoms with Gasteiger partial charge in [0, 0.05) is 41.0 Å². The van der Waals surface area contributed by atoms with E-state index in [4.69, 9.17) is 18.9 Å². The average Bonchev–Trinajstić information content (AvgIpc) is 3.84. The molecule has 0 saturated carbocycles. The number of ether oxygens (including phenoxy) is 4. The number of nitro groups is 1. The Morgan fingerprint density at radius 1 is 0.506 bits per heavy atom. The molecule has 1 fully saturated rings. The largest absolute Gasteiger partial charge is 0.451 e. The van der Waals surface area contributed by atoms with Crippen LogP contribution >= 0.6 is 0 Å². The van der Waals surface area contributed by atoms with Crippen LogP contribution in [-0.2, 0) is 76.7 Å². The number of amides is 4. The summed E-state index contributed by atoms with van der Waals surface area (Å²) in [6, 6.07) is 10.4. The summed E-state index contributed by atoms with van der Waals surface area (Å²) in [4.78, 5) is 132. The van der Waals surface area contributed by atoms with Crippen molar-refractivity contribution in [2.24, 2.45) is 23.7 Å². The molecule has 21 nitrogen and oxygen atoms in total. The predicted molar refractivity (Wildman–Crippen MR) is 283 cm³/mol. The highest BCUT2D eigenvalue weighted by molar-refractivity contribution is 5.94. The molecule has 422 valence electrons. The zero-order valence-electron chi connectivity index (χ0n) is 47.1. The van der Waals surface area contributed by atoms with Gasteiger partial charge in [-0.15, -0.1) is 0 Å². The second kappa shape index (κ2) is 28.3. The molecule has 4 amide bonds. The van der Waals surface area contributed by atoms with Crippen LogP contribution in [0.2, 0.25) is 0 Å². The number of nitrogens with zero attached hydrogens (tertiary/aromatic N) is 7. The Balaban J connectivity index is 1.87. The van der Waals surface area contributed by atoms with Gasteiger partial charge in [-0.25, -0.2) is 19.2 Å². The summed E-state index contributed by atoms with van der Waals surface area (Å²) in [5, 5.41) is 15.4. The topological polar surface area (TPSA) is 247 Å². The average molecular weight is 1070 g/mol. The molecule has 2 heterocycles. The fourth-order valence-corrected chi connectivity index (χ4v) is 9.10. The minimum absolute atomic E-state index is 0.0411. The van der Waals surface area contributed by atoms with E-state index in [1.54, 1.807) is 54.6 Å². The van der Waals surface area contributed by atoms with Gasteiger partial charge in [-0.1, -0.05) is 110 Å². The molecular weight excluding hydrogens is 995 g/mol. The van der Waals surface area contributed by atoms with Crippen molar-refractivity contribution in [2.75, 3.05) is 28.2 Å². The summed E-state index contributed by atoms with van der Waals surface area (Å²) in [5.74, 6) is -7.76. The van der Waals surface area contributed by atoms with Crippen LogP contribution in [0.4, 0.5) is 5.69 Å². The number of benzene rings is 2. The molecule has 0 radical (unpaired) electrons. The molecule has 1 saturated heterocycles. The van der Waals surface area contributed by atoms with Gasteiger partial charge in [-0.3, -0.25) is 34.0 Å². The molecule has 0 unspecified atom stereocenters. The molecule has 0 bridgehead atoms. The summed E-state index contributed by atoms with van der Waals surface area (Å²) in [6.45, 7) is 17.4. The maximum atomic E-state index is 15.0. The maximum Gasteiger partial charge on any atom is 0.329 e. The summed E-state index contributed by atoms with van der Waals surface area (Å²) in [5.41, 5.74) is 1.55. The Bertz CT molecular complexity index is 2530. The monoisotopic (exact) mass is 1070 g/mol. The van der Waals surface area contributed by atoms with Gasteiger partial charge in [-0.2, -0.15) is 5.10 Å². The van der Waals surface area contributed by atoms with Crippen molar-refractivity contribution >= 4 is 53.2 Å². The lowest BCUT2D eigenvalue weighted by Gasteiger charge is -2.35. The van der Waals surface area contributed by atoms with Gasteiger partial charge in [0.25, 0.3) is 23.6 Å². The van der Waals surface area contributed by atoms with Gasteiger partial charge >= 0.3 is 29.6 Å². The number of carbonyl (C=O) groups excluding carboxylic acids is 8. The highest BCUT2D eigenvalue weighted by Gasteiger charge is 2.43. The van der Waals surface area contributed by atoms with Gasteiger partial charge in [-0.05, 0) is 79.9 Å². The van der Waals surface area contributed by atoms with E-state index < -0.39 is 101 Å². The standard InChI is InChI=1S/C56H79N7O14/c1-33(2)23-43-53(68)74-38(10)50(65)59(12)46(26-36(7)8)56(71)77-48(29-40-21-18-22-41(27-40)31-62-32-42(30-57-62)63(72)73)52(67)61(14)44(24-34(3)4)54(69)75-37(9)49(64)58(11)45(25-35(5)6)55(70)76-47(51(66)60(43)13)28-39-19-16-15-17-20-39/h15-22,27,30,32-38,43-48H,23-26,28-29,31H2,1-14H3/t37-,38-,43+,44+,45+,46+,47-,48-/m1/s1. The second-order valence-electron chi connectivity index (χ2n) is 21.8. The van der Waals surface area contributed by atoms with Gasteiger partial charge < -0.3 is 38.5 Å². The Hall–Kier alpha value is -7.19. The Morgan fingerprint density at radius 2 is 0.857 bits per heavy atom. The molecule has 0 aliphatic carbocycles. The third kappa shape index (κ3) is 17.7. The number of rotatable bonds is 15. The van der Waals surface area contributed by atoms with Crippen LogP contribution in [0.25, 0.3) is 0 Å². The number of hydrogen-bond donors (Lipinski definition) is 0. The minimum Gasteiger partial charge on any atom is -0.451 e. The van der Waals surface area contributed by atoms with Crippen LogP contribution in [0.1, 0.15) is 112 Å². The summed E-state index contributed by atoms with van der Waals surface area (Å²) < 4.78 is 25.3. The number of carbonyl (C=O) groups is 8. The van der Waals surface area contributed by atoms with Gasteiger partial charge in [0.1, 0.15) is 36.6 Å². The van der Waals surface area contributed by atoms with Gasteiger partial charge in [0.05, 0.1) is 11.5 Å². The second-order valence-corrected chi connectivity index (χ2v) is 21.8. The molecule has 3 aromatic rings. The Labute approximate surface area is 452 Å². The normalized spacial score (nSPS) is 23.6. The van der Waals surface area contributed by atoms with E-state index in [9.17, 15) is 48.5 Å². The number of aromatic nitrogens is 2. The molecule has 1 aliphatic rings. The first kappa shape index (κ1) is 62.4. The lowest BCUT2D eigenvalue weighted by Crippen LogP contribution is -2.55. The van der Waals surface area contributed by atoms with Gasteiger partial charge in [0.2, 0.25) is 0 Å². The Kier molecular flexibility index (Phi) is 22.9. The summed E-state index contributed by atoms with van der Waals surface area (Å²) >= 11 is 0. The molecule has 4 rings (SSSR count). The van der Waals surface area contributed by atoms with Crippen molar-refractivity contribution in [1.82, 2.24) is 29.4 Å². The zero-order chi connectivity index (χ0) is 57.6. The molecule has 0 N–H and O–H groups in total. The first-order valence-electron chi connectivity index (χ1n) is 26.3. The van der Waals surface area contributed by atoms with Crippen molar-refractivity contribution in [3.8, 4) is 0 Å². The molecule has 8 atom stereocenters. The van der Waals surface area contributed by atoms with Gasteiger partial charge in [0.15, 0.2) is 24.4 Å². The van der Waals surface area contributed by atoms with E-state index in [0.717, 1.165) is 25.8 Å². The molecule has 77 heavy (non-hydrogen) atoms. The molecule has 0 spiro atoms. The predicted octanol–water partition coefficient (Wildman–Crippen LogP) is 5.82. The van der Waals surface area contributed by atoms with E-state index in [-0.39, 0.29) is 74.4 Å². The van der Waals surface area contributed by atoms with Crippen molar-refractivity contribution in [3.05, 3.63) is 93.8 Å². The third-order valence-corrected chi connectivity index (χ3v) is 13.3. The first-order chi connectivity index (χ1) is 36.1. The van der Waals surface area contributed by atoms with E-state index in [0.29, 0.717) is 16.7 Å². The minimum atomic E-state index is -1.63. The SMILES string of the molecule is CC(C)C[C@H]1C(=O)O[C@H](Cc2cccc(Cn3cc([N+](=O)[O-])cn3)c2)C(=O)N(C)[C@@H](CC(C)C)C(=O)O[C@H](C)C(=O)N(C)[C@@H](CC(C)C)C(=O)O[C@H](Cc2ccccc2)C(=O)N(C)[C@@H](CC(C)C)C(=O)O[C@H](C)C(=O)N1C. The number of cyclic esters (lactones) is 4. The maximum absolute atomic E-state index is 15.0. The van der Waals surface area contributed by atoms with E-state index in [1.807, 2.05) is 55.4 Å². The zero-order valence-corrected chi connectivity index (χ0v) is 47.1. The van der Waals surface area contributed by atoms with Crippen LogP contribution in [-0.4, -0.2) is 159 Å². The van der Waals surface area contributed by atoms with Crippen LogP contribution < -0.4 is 0 Å². The lowest BCUT2D eigenvalue weighted by atomic mass is 9.99. The number of likely N-dealkylation sites (N-methyl/N-ethyl adjacent to an activating group) is 4. The van der Waals surface area contributed by atoms with Crippen LogP contribution in [0.3, 0.4) is 0 Å². The van der Waals surface area contributed by atoms with E-state index in [1.165, 1.54) is 52.9 Å². The van der Waals surface area contributed by atoms with Crippen molar-refractivity contribution in [2.45, 2.75) is 163 Å². The van der Waals surface area contributed by atoms with Crippen LogP contribution in [0.5, 0.6) is 0 Å². The van der Waals surface area contributed by atoms with Crippen LogP contribution in [0.15, 0.2) is 67.0 Å². The molecule has 21 heteroatoms. The Morgan fingerprint density at radius 3 is 1.23 bits per heavy atom. The highest BCUT2D eigenvalue weighted by atomic mass is 16.6. The summed E-state index contributed by atoms with van der Waals surface area (Å²) in [6.07, 6.45) is -3.87. The smallest absolute Gasteiger partial charge is 0.329 e. The summed E-state index contributed by atoms with van der Waals surface area (Å²) in [7, 11) is 5.44. The van der Waals surface area contributed by atoms with Crippen molar-refractivity contribution < 1.29 is 62.2 Å². The van der Waals surface area contributed by atoms with E-state index in [2.05, 4.69) is 5.10 Å². The van der Waals surface area contributed by atoms with Crippen molar-refractivity contribution in [3.63, 3.8) is 0 Å². The van der Waals surface area contributed by atoms with E-state index >= 15 is 0 Å². The lowest BCUT2D eigenvalue weighted by molar-refractivity contribution is -0.385. The quantitative estimate of drug-likeness (QED) is 0.0753. The highest BCUT2D eigenvalue weighted by Crippen LogP contribution is 2.25. The molecular formula is C56H79N7O14. The molecule has 1 aliphatic heterocycles. The number of hydrogen-bond acceptors (Lipinski definition) is 15. The number of esters is 4. The third-order valence-electron chi connectivity index (χ3n) is 13.3. The fourth-order valence-electron chi connectivity index (χ4n) is 9.10. The molecule has 2 aromatic carbocycles. The van der Waals surface area contributed by atoms with Crippen LogP contribution in [0, 0.1) is 33.8 Å². The van der Waals surface area contributed by atoms with Crippen molar-refractivity contribution in [1.29, 1.82) is 0 Å². The molecule has 1 aromatic heterocycles. The first-order valence-corrected chi connectivity index (χ1v) is 26.3. The fraction of sp³-hybridized carbons (Fsp3) is 0.589.